The predicted molar refractivity (Wildman–Crippen MR) is 139 cm³/mol. The Hall–Kier alpha value is -3.80. The Balaban J connectivity index is 1.46. The van der Waals surface area contributed by atoms with Crippen LogP contribution in [0.15, 0.2) is 72.8 Å². The van der Waals surface area contributed by atoms with E-state index in [1.54, 1.807) is 48.5 Å². The van der Waals surface area contributed by atoms with Gasteiger partial charge in [0.15, 0.2) is 11.5 Å². The molecule has 0 aliphatic rings. The number of esters is 2. The number of phenolic OH excluding ortho intramolecular Hbond substituents is 1. The number of carbonyl (C=O) groups excluding carboxylic acids is 2. The molecule has 3 rings (SSSR count). The molecule has 0 aliphatic heterocycles. The maximum Gasteiger partial charge on any atom is 0.343 e. The minimum Gasteiger partial charge on any atom is -0.508 e. The third-order valence-corrected chi connectivity index (χ3v) is 5.71. The highest BCUT2D eigenvalue weighted by molar-refractivity contribution is 5.93. The zero-order valence-corrected chi connectivity index (χ0v) is 20.8. The zero-order valence-electron chi connectivity index (χ0n) is 20.8. The summed E-state index contributed by atoms with van der Waals surface area (Å²) < 4.78 is 16.7. The lowest BCUT2D eigenvalue weighted by molar-refractivity contribution is 0.0682. The number of unbranched alkanes of at least 4 members (excludes halogenated alkanes) is 7. The summed E-state index contributed by atoms with van der Waals surface area (Å²) in [6, 6.07) is 18.9. The third kappa shape index (κ3) is 8.77. The molecule has 190 valence electrons. The Morgan fingerprint density at radius 3 is 1.64 bits per heavy atom. The SMILES string of the molecule is CCCCCCCCCCOc1ccc(C(=O)Oc2ccccc2OC(=O)c2ccc(O)cc2)cc1. The van der Waals surface area contributed by atoms with E-state index in [2.05, 4.69) is 6.92 Å². The molecule has 6 nitrogen and oxygen atoms in total. The van der Waals surface area contributed by atoms with Crippen molar-refractivity contribution in [2.75, 3.05) is 6.61 Å². The van der Waals surface area contributed by atoms with Gasteiger partial charge in [-0.25, -0.2) is 9.59 Å². The Labute approximate surface area is 212 Å². The van der Waals surface area contributed by atoms with Crippen molar-refractivity contribution in [1.29, 1.82) is 0 Å². The number of ether oxygens (including phenoxy) is 3. The van der Waals surface area contributed by atoms with Crippen LogP contribution in [0.4, 0.5) is 0 Å². The van der Waals surface area contributed by atoms with Crippen LogP contribution in [0.2, 0.25) is 0 Å². The lowest BCUT2D eigenvalue weighted by Gasteiger charge is -2.11. The van der Waals surface area contributed by atoms with Crippen LogP contribution in [0.5, 0.6) is 23.0 Å². The number of rotatable bonds is 14. The van der Waals surface area contributed by atoms with Crippen molar-refractivity contribution >= 4 is 11.9 Å². The average Bonchev–Trinajstić information content (AvgIpc) is 2.89. The largest absolute Gasteiger partial charge is 0.508 e. The van der Waals surface area contributed by atoms with E-state index in [0.29, 0.717) is 17.9 Å². The number of phenols is 1. The quantitative estimate of drug-likeness (QED) is 0.144. The molecule has 3 aromatic carbocycles. The van der Waals surface area contributed by atoms with Gasteiger partial charge in [-0.15, -0.1) is 0 Å². The minimum absolute atomic E-state index is 0.0467. The van der Waals surface area contributed by atoms with Crippen LogP contribution < -0.4 is 14.2 Å². The summed E-state index contributed by atoms with van der Waals surface area (Å²) in [4.78, 5) is 25.1. The highest BCUT2D eigenvalue weighted by atomic mass is 16.6. The Bertz CT molecular complexity index is 1090. The molecule has 0 aliphatic carbocycles. The van der Waals surface area contributed by atoms with Gasteiger partial charge in [-0.2, -0.15) is 0 Å². The number of aromatic hydroxyl groups is 1. The number of hydrogen-bond donors (Lipinski definition) is 1. The fourth-order valence-electron chi connectivity index (χ4n) is 3.65. The normalized spacial score (nSPS) is 10.6. The van der Waals surface area contributed by atoms with Crippen LogP contribution in [0.1, 0.15) is 79.0 Å². The van der Waals surface area contributed by atoms with Crippen molar-refractivity contribution in [2.45, 2.75) is 58.3 Å². The predicted octanol–water partition coefficient (Wildman–Crippen LogP) is 7.35. The summed E-state index contributed by atoms with van der Waals surface area (Å²) in [5.74, 6) is -0.198. The van der Waals surface area contributed by atoms with E-state index in [1.165, 1.54) is 62.8 Å². The summed E-state index contributed by atoms with van der Waals surface area (Å²) >= 11 is 0. The lowest BCUT2D eigenvalue weighted by Crippen LogP contribution is -2.12. The second-order valence-electron chi connectivity index (χ2n) is 8.62. The van der Waals surface area contributed by atoms with E-state index in [0.717, 1.165) is 12.8 Å². The summed E-state index contributed by atoms with van der Waals surface area (Å²) in [6.07, 6.45) is 9.95. The van der Waals surface area contributed by atoms with E-state index in [4.69, 9.17) is 14.2 Å². The van der Waals surface area contributed by atoms with Gasteiger partial charge >= 0.3 is 11.9 Å². The van der Waals surface area contributed by atoms with Gasteiger partial charge in [-0.05, 0) is 67.1 Å². The smallest absolute Gasteiger partial charge is 0.343 e. The summed E-state index contributed by atoms with van der Waals surface area (Å²) in [7, 11) is 0. The van der Waals surface area contributed by atoms with Crippen molar-refractivity contribution in [1.82, 2.24) is 0 Å². The summed E-state index contributed by atoms with van der Waals surface area (Å²) in [6.45, 7) is 2.88. The molecule has 1 N–H and O–H groups in total. The zero-order chi connectivity index (χ0) is 25.6. The Kier molecular flexibility index (Phi) is 10.8. The van der Waals surface area contributed by atoms with E-state index < -0.39 is 11.9 Å². The Morgan fingerprint density at radius 1 is 0.639 bits per heavy atom. The highest BCUT2D eigenvalue weighted by Gasteiger charge is 2.16. The molecular formula is C30H34O6. The molecule has 6 heteroatoms. The first kappa shape index (κ1) is 26.8. The molecule has 0 spiro atoms. The van der Waals surface area contributed by atoms with Gasteiger partial charge in [0.25, 0.3) is 0 Å². The average molecular weight is 491 g/mol. The molecular weight excluding hydrogens is 456 g/mol. The molecule has 3 aromatic rings. The van der Waals surface area contributed by atoms with Crippen molar-refractivity contribution in [3.8, 4) is 23.0 Å². The number of carbonyl (C=O) groups is 2. The van der Waals surface area contributed by atoms with E-state index in [1.807, 2.05) is 0 Å². The van der Waals surface area contributed by atoms with Gasteiger partial charge in [0.1, 0.15) is 11.5 Å². The van der Waals surface area contributed by atoms with Crippen LogP contribution in [0.3, 0.4) is 0 Å². The number of benzene rings is 3. The first-order valence-corrected chi connectivity index (χ1v) is 12.6. The van der Waals surface area contributed by atoms with E-state index >= 15 is 0 Å². The number of hydrogen-bond acceptors (Lipinski definition) is 6. The molecule has 0 saturated carbocycles. The molecule has 36 heavy (non-hydrogen) atoms. The molecule has 0 fully saturated rings. The summed E-state index contributed by atoms with van der Waals surface area (Å²) in [5, 5.41) is 9.38. The van der Waals surface area contributed by atoms with Crippen molar-refractivity contribution in [3.05, 3.63) is 83.9 Å². The van der Waals surface area contributed by atoms with Gasteiger partial charge in [-0.3, -0.25) is 0 Å². The van der Waals surface area contributed by atoms with Gasteiger partial charge in [0, 0.05) is 0 Å². The highest BCUT2D eigenvalue weighted by Crippen LogP contribution is 2.28. The van der Waals surface area contributed by atoms with Crippen LogP contribution in [-0.2, 0) is 0 Å². The molecule has 0 aromatic heterocycles. The molecule has 0 unspecified atom stereocenters. The molecule has 0 bridgehead atoms. The first-order valence-electron chi connectivity index (χ1n) is 12.6. The Morgan fingerprint density at radius 2 is 1.11 bits per heavy atom. The van der Waals surface area contributed by atoms with Crippen molar-refractivity contribution in [2.24, 2.45) is 0 Å². The van der Waals surface area contributed by atoms with Crippen LogP contribution in [0, 0.1) is 0 Å². The maximum atomic E-state index is 12.7. The second kappa shape index (κ2) is 14.6. The van der Waals surface area contributed by atoms with Crippen LogP contribution >= 0.6 is 0 Å². The fourth-order valence-corrected chi connectivity index (χ4v) is 3.65. The fraction of sp³-hybridized carbons (Fsp3) is 0.333. The van der Waals surface area contributed by atoms with Gasteiger partial charge in [-0.1, -0.05) is 64.0 Å². The van der Waals surface area contributed by atoms with Gasteiger partial charge in [0.05, 0.1) is 17.7 Å². The van der Waals surface area contributed by atoms with Gasteiger partial charge in [0.2, 0.25) is 0 Å². The molecule has 0 radical (unpaired) electrons. The van der Waals surface area contributed by atoms with Crippen LogP contribution in [0.25, 0.3) is 0 Å². The topological polar surface area (TPSA) is 82.1 Å². The molecule has 0 heterocycles. The second-order valence-corrected chi connectivity index (χ2v) is 8.62. The van der Waals surface area contributed by atoms with Crippen molar-refractivity contribution < 1.29 is 28.9 Å². The van der Waals surface area contributed by atoms with E-state index in [-0.39, 0.29) is 22.8 Å². The molecule has 0 atom stereocenters. The monoisotopic (exact) mass is 490 g/mol. The molecule has 0 saturated heterocycles. The third-order valence-electron chi connectivity index (χ3n) is 5.71. The standard InChI is InChI=1S/C30H34O6/c1-2-3-4-5-6-7-8-11-22-34-26-20-16-24(17-21-26)30(33)36-28-13-10-9-12-27(28)35-29(32)23-14-18-25(31)19-15-23/h9-10,12-21,31H,2-8,11,22H2,1H3. The minimum atomic E-state index is -0.628. The summed E-state index contributed by atoms with van der Waals surface area (Å²) in [5.41, 5.74) is 0.616. The van der Waals surface area contributed by atoms with Crippen molar-refractivity contribution in [3.63, 3.8) is 0 Å². The maximum absolute atomic E-state index is 12.7. The van der Waals surface area contributed by atoms with Gasteiger partial charge < -0.3 is 19.3 Å². The van der Waals surface area contributed by atoms with Crippen LogP contribution in [-0.4, -0.2) is 23.7 Å². The molecule has 0 amide bonds. The van der Waals surface area contributed by atoms with E-state index in [9.17, 15) is 14.7 Å². The first-order chi connectivity index (χ1) is 17.6. The number of para-hydroxylation sites is 2. The lowest BCUT2D eigenvalue weighted by atomic mass is 10.1.